The van der Waals surface area contributed by atoms with Crippen LogP contribution in [0, 0.1) is 0 Å². The quantitative estimate of drug-likeness (QED) is 0.736. The highest BCUT2D eigenvalue weighted by molar-refractivity contribution is 6.32. The molecule has 0 unspecified atom stereocenters. The van der Waals surface area contributed by atoms with Crippen LogP contribution in [0.3, 0.4) is 0 Å². The second kappa shape index (κ2) is 4.99. The number of carbonyl (C=O) groups excluding carboxylic acids is 1. The molecule has 0 aliphatic heterocycles. The van der Waals surface area contributed by atoms with E-state index in [-0.39, 0.29) is 5.78 Å². The van der Waals surface area contributed by atoms with Crippen molar-refractivity contribution in [3.8, 4) is 5.75 Å². The minimum atomic E-state index is 0.0250. The van der Waals surface area contributed by atoms with Crippen LogP contribution in [0.5, 0.6) is 5.75 Å². The molecule has 0 aliphatic carbocycles. The molecule has 0 heterocycles. The molecular formula is C12H13ClO2. The third kappa shape index (κ3) is 2.83. The Morgan fingerprint density at radius 3 is 2.60 bits per heavy atom. The summed E-state index contributed by atoms with van der Waals surface area (Å²) in [6.07, 6.45) is 1.74. The van der Waals surface area contributed by atoms with E-state index in [0.717, 1.165) is 5.56 Å². The van der Waals surface area contributed by atoms with Gasteiger partial charge in [-0.25, -0.2) is 0 Å². The normalized spacial score (nSPS) is 11.3. The molecule has 1 aromatic carbocycles. The molecule has 1 aromatic rings. The molecule has 0 saturated heterocycles. The van der Waals surface area contributed by atoms with Crippen LogP contribution in [0.25, 0.3) is 6.08 Å². The fourth-order valence-corrected chi connectivity index (χ4v) is 1.37. The molecule has 0 spiro atoms. The van der Waals surface area contributed by atoms with Crippen LogP contribution < -0.4 is 4.74 Å². The molecular weight excluding hydrogens is 212 g/mol. The maximum Gasteiger partial charge on any atom is 0.155 e. The molecule has 0 aliphatic rings. The first-order chi connectivity index (χ1) is 7.06. The van der Waals surface area contributed by atoms with Gasteiger partial charge >= 0.3 is 0 Å². The Morgan fingerprint density at radius 1 is 1.40 bits per heavy atom. The monoisotopic (exact) mass is 224 g/mol. The zero-order valence-electron chi connectivity index (χ0n) is 9.00. The summed E-state index contributed by atoms with van der Waals surface area (Å²) in [7, 11) is 1.58. The fourth-order valence-electron chi connectivity index (χ4n) is 1.15. The zero-order chi connectivity index (χ0) is 11.4. The Balaban J connectivity index is 3.24. The standard InChI is InChI=1S/C12H13ClO2/c1-8(9(2)14)7-10-11(13)5-4-6-12(10)15-3/h4-7H,1-3H3/b8-7-. The van der Waals surface area contributed by atoms with Crippen LogP contribution >= 0.6 is 11.6 Å². The van der Waals surface area contributed by atoms with Crippen LogP contribution in [0.1, 0.15) is 19.4 Å². The fraction of sp³-hybridized carbons (Fsp3) is 0.250. The van der Waals surface area contributed by atoms with E-state index in [1.807, 2.05) is 12.1 Å². The van der Waals surface area contributed by atoms with Gasteiger partial charge in [0.15, 0.2) is 5.78 Å². The molecule has 0 fully saturated rings. The van der Waals surface area contributed by atoms with Crippen molar-refractivity contribution in [2.24, 2.45) is 0 Å². The number of halogens is 1. The van der Waals surface area contributed by atoms with E-state index >= 15 is 0 Å². The Labute approximate surface area is 94.5 Å². The lowest BCUT2D eigenvalue weighted by Crippen LogP contribution is -1.93. The molecule has 0 radical (unpaired) electrons. The largest absolute Gasteiger partial charge is 0.496 e. The van der Waals surface area contributed by atoms with Gasteiger partial charge in [-0.3, -0.25) is 4.79 Å². The van der Waals surface area contributed by atoms with Gasteiger partial charge in [-0.1, -0.05) is 17.7 Å². The number of allylic oxidation sites excluding steroid dienone is 1. The first kappa shape index (κ1) is 11.8. The predicted octanol–water partition coefficient (Wildman–Crippen LogP) is 3.34. The highest BCUT2D eigenvalue weighted by Crippen LogP contribution is 2.28. The van der Waals surface area contributed by atoms with E-state index in [2.05, 4.69) is 0 Å². The summed E-state index contributed by atoms with van der Waals surface area (Å²) < 4.78 is 5.17. The second-order valence-electron chi connectivity index (χ2n) is 3.24. The number of carbonyl (C=O) groups is 1. The minimum Gasteiger partial charge on any atom is -0.496 e. The van der Waals surface area contributed by atoms with Gasteiger partial charge < -0.3 is 4.74 Å². The van der Waals surface area contributed by atoms with Crippen molar-refractivity contribution in [1.82, 2.24) is 0 Å². The summed E-state index contributed by atoms with van der Waals surface area (Å²) in [4.78, 5) is 11.1. The van der Waals surface area contributed by atoms with Gasteiger partial charge in [-0.15, -0.1) is 0 Å². The Bertz CT molecular complexity index is 408. The van der Waals surface area contributed by atoms with Crippen LogP contribution in [-0.4, -0.2) is 12.9 Å². The van der Waals surface area contributed by atoms with Gasteiger partial charge in [-0.05, 0) is 37.6 Å². The molecule has 0 atom stereocenters. The van der Waals surface area contributed by atoms with Crippen molar-refractivity contribution in [2.75, 3.05) is 7.11 Å². The van der Waals surface area contributed by atoms with Crippen LogP contribution in [-0.2, 0) is 4.79 Å². The maximum absolute atomic E-state index is 11.1. The number of hydrogen-bond donors (Lipinski definition) is 0. The molecule has 0 saturated carbocycles. The minimum absolute atomic E-state index is 0.0250. The number of benzene rings is 1. The van der Waals surface area contributed by atoms with Gasteiger partial charge in [-0.2, -0.15) is 0 Å². The molecule has 2 nitrogen and oxygen atoms in total. The second-order valence-corrected chi connectivity index (χ2v) is 3.65. The van der Waals surface area contributed by atoms with Crippen molar-refractivity contribution >= 4 is 23.5 Å². The number of ketones is 1. The number of Topliss-reactive ketones (excluding diaryl/α,β-unsaturated/α-hetero) is 1. The molecule has 1 rings (SSSR count). The first-order valence-corrected chi connectivity index (χ1v) is 4.95. The van der Waals surface area contributed by atoms with Gasteiger partial charge in [0.2, 0.25) is 0 Å². The smallest absolute Gasteiger partial charge is 0.155 e. The highest BCUT2D eigenvalue weighted by atomic mass is 35.5. The number of rotatable bonds is 3. The van der Waals surface area contributed by atoms with Crippen LogP contribution in [0.15, 0.2) is 23.8 Å². The molecule has 0 bridgehead atoms. The summed E-state index contributed by atoms with van der Waals surface area (Å²) >= 11 is 6.02. The topological polar surface area (TPSA) is 26.3 Å². The molecule has 0 amide bonds. The SMILES string of the molecule is COc1cccc(Cl)c1/C=C(/C)C(C)=O. The van der Waals surface area contributed by atoms with Gasteiger partial charge in [0.05, 0.1) is 12.1 Å². The first-order valence-electron chi connectivity index (χ1n) is 4.58. The van der Waals surface area contributed by atoms with Crippen LogP contribution in [0.4, 0.5) is 0 Å². The van der Waals surface area contributed by atoms with Gasteiger partial charge in [0.1, 0.15) is 5.75 Å². The van der Waals surface area contributed by atoms with E-state index in [0.29, 0.717) is 16.3 Å². The highest BCUT2D eigenvalue weighted by Gasteiger charge is 2.06. The predicted molar refractivity (Wildman–Crippen MR) is 62.3 cm³/mol. The van der Waals surface area contributed by atoms with E-state index < -0.39 is 0 Å². The summed E-state index contributed by atoms with van der Waals surface area (Å²) in [6, 6.07) is 5.38. The van der Waals surface area contributed by atoms with Crippen molar-refractivity contribution in [3.05, 3.63) is 34.4 Å². The Hall–Kier alpha value is -1.28. The molecule has 0 aromatic heterocycles. The van der Waals surface area contributed by atoms with Crippen LogP contribution in [0.2, 0.25) is 5.02 Å². The zero-order valence-corrected chi connectivity index (χ0v) is 9.76. The van der Waals surface area contributed by atoms with Crippen molar-refractivity contribution in [3.63, 3.8) is 0 Å². The summed E-state index contributed by atoms with van der Waals surface area (Å²) in [5.41, 5.74) is 1.40. The maximum atomic E-state index is 11.1. The summed E-state index contributed by atoms with van der Waals surface area (Å²) in [5, 5.41) is 0.579. The molecule has 0 N–H and O–H groups in total. The third-order valence-corrected chi connectivity index (χ3v) is 2.48. The van der Waals surface area contributed by atoms with E-state index in [1.165, 1.54) is 6.92 Å². The molecule has 15 heavy (non-hydrogen) atoms. The van der Waals surface area contributed by atoms with Crippen molar-refractivity contribution < 1.29 is 9.53 Å². The van der Waals surface area contributed by atoms with E-state index in [9.17, 15) is 4.79 Å². The Morgan fingerprint density at radius 2 is 2.07 bits per heavy atom. The molecule has 3 heteroatoms. The van der Waals surface area contributed by atoms with E-state index in [1.54, 1.807) is 26.2 Å². The average molecular weight is 225 g/mol. The molecule has 80 valence electrons. The number of methoxy groups -OCH3 is 1. The summed E-state index contributed by atoms with van der Waals surface area (Å²) in [6.45, 7) is 3.28. The lowest BCUT2D eigenvalue weighted by molar-refractivity contribution is -0.113. The number of ether oxygens (including phenoxy) is 1. The third-order valence-electron chi connectivity index (χ3n) is 2.15. The summed E-state index contributed by atoms with van der Waals surface area (Å²) in [5.74, 6) is 0.695. The van der Waals surface area contributed by atoms with E-state index in [4.69, 9.17) is 16.3 Å². The lowest BCUT2D eigenvalue weighted by Gasteiger charge is -2.07. The number of hydrogen-bond acceptors (Lipinski definition) is 2. The average Bonchev–Trinajstić information content (AvgIpc) is 2.20. The van der Waals surface area contributed by atoms with Gasteiger partial charge in [0.25, 0.3) is 0 Å². The van der Waals surface area contributed by atoms with Crippen molar-refractivity contribution in [1.29, 1.82) is 0 Å². The Kier molecular flexibility index (Phi) is 3.92. The van der Waals surface area contributed by atoms with Gasteiger partial charge in [0, 0.05) is 5.56 Å². The lowest BCUT2D eigenvalue weighted by atomic mass is 10.1. The van der Waals surface area contributed by atoms with Crippen molar-refractivity contribution in [2.45, 2.75) is 13.8 Å².